The van der Waals surface area contributed by atoms with Gasteiger partial charge in [0, 0.05) is 41.7 Å². The smallest absolute Gasteiger partial charge is 0.130 e. The Morgan fingerprint density at radius 1 is 1.07 bits per heavy atom. The van der Waals surface area contributed by atoms with E-state index in [1.54, 1.807) is 6.21 Å². The maximum Gasteiger partial charge on any atom is 0.130 e. The summed E-state index contributed by atoms with van der Waals surface area (Å²) in [5.41, 5.74) is 6.13. The van der Waals surface area contributed by atoms with Crippen LogP contribution in [0.3, 0.4) is 0 Å². The SMILES string of the molecule is C#Cc1ccc(N=Cc2cc3c4c(c2O)C(C)(C)CCN4CCC3(C)C)cc1. The van der Waals surface area contributed by atoms with Crippen molar-refractivity contribution in [2.45, 2.75) is 51.4 Å². The summed E-state index contributed by atoms with van der Waals surface area (Å²) in [5, 5.41) is 11.2. The molecule has 2 aliphatic rings. The van der Waals surface area contributed by atoms with Crippen LogP contribution in [0, 0.1) is 12.3 Å². The number of aromatic hydroxyl groups is 1. The topological polar surface area (TPSA) is 35.8 Å². The van der Waals surface area contributed by atoms with Gasteiger partial charge in [0.15, 0.2) is 0 Å². The minimum absolute atomic E-state index is 0.0591. The van der Waals surface area contributed by atoms with E-state index in [-0.39, 0.29) is 10.8 Å². The molecule has 2 aromatic carbocycles. The van der Waals surface area contributed by atoms with Crippen LogP contribution in [0.5, 0.6) is 5.75 Å². The van der Waals surface area contributed by atoms with Crippen LogP contribution in [0.1, 0.15) is 62.8 Å². The van der Waals surface area contributed by atoms with E-state index >= 15 is 0 Å². The van der Waals surface area contributed by atoms with E-state index in [9.17, 15) is 5.11 Å². The van der Waals surface area contributed by atoms with Crippen molar-refractivity contribution < 1.29 is 5.11 Å². The third kappa shape index (κ3) is 2.98. The molecule has 144 valence electrons. The molecule has 1 N–H and O–H groups in total. The Labute approximate surface area is 168 Å². The Hall–Kier alpha value is -2.73. The summed E-state index contributed by atoms with van der Waals surface area (Å²) in [6.07, 6.45) is 9.38. The van der Waals surface area contributed by atoms with Crippen molar-refractivity contribution in [1.82, 2.24) is 0 Å². The summed E-state index contributed by atoms with van der Waals surface area (Å²) in [6, 6.07) is 9.71. The van der Waals surface area contributed by atoms with E-state index in [0.717, 1.165) is 48.3 Å². The molecule has 0 radical (unpaired) electrons. The van der Waals surface area contributed by atoms with Crippen molar-refractivity contribution in [3.8, 4) is 18.1 Å². The second kappa shape index (κ2) is 6.41. The fraction of sp³-hybridized carbons (Fsp3) is 0.400. The lowest BCUT2D eigenvalue weighted by molar-refractivity contribution is 0.378. The summed E-state index contributed by atoms with van der Waals surface area (Å²) in [4.78, 5) is 7.06. The third-order valence-corrected chi connectivity index (χ3v) is 6.42. The van der Waals surface area contributed by atoms with Gasteiger partial charge in [-0.05, 0) is 59.6 Å². The third-order valence-electron chi connectivity index (χ3n) is 6.42. The number of benzene rings is 2. The molecule has 28 heavy (non-hydrogen) atoms. The second-order valence-electron chi connectivity index (χ2n) is 9.29. The molecule has 0 aliphatic carbocycles. The van der Waals surface area contributed by atoms with Gasteiger partial charge in [-0.15, -0.1) is 6.42 Å². The molecule has 2 heterocycles. The Morgan fingerprint density at radius 2 is 1.71 bits per heavy atom. The molecule has 0 bridgehead atoms. The number of anilines is 1. The first-order valence-electron chi connectivity index (χ1n) is 9.99. The van der Waals surface area contributed by atoms with Crippen molar-refractivity contribution in [3.05, 3.63) is 52.6 Å². The van der Waals surface area contributed by atoms with Crippen LogP contribution in [0.15, 0.2) is 35.3 Å². The normalized spacial score (nSPS) is 19.3. The highest BCUT2D eigenvalue weighted by Gasteiger charge is 2.42. The molecule has 3 heteroatoms. The number of aliphatic imine (C=N–C) groups is 1. The zero-order chi connectivity index (χ0) is 20.1. The first kappa shape index (κ1) is 18.6. The molecule has 0 saturated heterocycles. The van der Waals surface area contributed by atoms with Crippen LogP contribution < -0.4 is 4.90 Å². The average molecular weight is 373 g/mol. The molecular weight excluding hydrogens is 344 g/mol. The lowest BCUT2D eigenvalue weighted by Gasteiger charge is -2.48. The van der Waals surface area contributed by atoms with E-state index < -0.39 is 0 Å². The standard InChI is InChI=1S/C25H28N2O/c1-6-17-7-9-19(10-8-17)26-16-18-15-20-22-21(23(18)28)25(4,5)12-14-27(22)13-11-24(20,2)3/h1,7-10,15-16,28H,11-14H2,2-5H3. The molecule has 3 nitrogen and oxygen atoms in total. The van der Waals surface area contributed by atoms with Gasteiger partial charge in [-0.2, -0.15) is 0 Å². The van der Waals surface area contributed by atoms with E-state index in [4.69, 9.17) is 6.42 Å². The van der Waals surface area contributed by atoms with Crippen LogP contribution >= 0.6 is 0 Å². The molecule has 0 unspecified atom stereocenters. The minimum Gasteiger partial charge on any atom is -0.507 e. The second-order valence-corrected chi connectivity index (χ2v) is 9.29. The highest BCUT2D eigenvalue weighted by Crippen LogP contribution is 2.52. The van der Waals surface area contributed by atoms with Gasteiger partial charge < -0.3 is 10.0 Å². The molecule has 0 saturated carbocycles. The zero-order valence-electron chi connectivity index (χ0n) is 17.2. The van der Waals surface area contributed by atoms with Crippen LogP contribution in [0.4, 0.5) is 11.4 Å². The fourth-order valence-electron chi connectivity index (χ4n) is 4.48. The number of phenolic OH excluding ortho intramolecular Hbond substituents is 1. The van der Waals surface area contributed by atoms with Crippen molar-refractivity contribution in [3.63, 3.8) is 0 Å². The molecule has 0 amide bonds. The summed E-state index contributed by atoms with van der Waals surface area (Å²) >= 11 is 0. The van der Waals surface area contributed by atoms with E-state index in [1.807, 2.05) is 24.3 Å². The molecule has 2 aromatic rings. The minimum atomic E-state index is -0.0591. The predicted molar refractivity (Wildman–Crippen MR) is 117 cm³/mol. The Balaban J connectivity index is 1.85. The highest BCUT2D eigenvalue weighted by molar-refractivity contribution is 5.90. The van der Waals surface area contributed by atoms with Gasteiger partial charge >= 0.3 is 0 Å². The lowest BCUT2D eigenvalue weighted by atomic mass is 9.69. The van der Waals surface area contributed by atoms with Crippen LogP contribution in [0.2, 0.25) is 0 Å². The summed E-state index contributed by atoms with van der Waals surface area (Å²) in [7, 11) is 0. The molecule has 0 atom stereocenters. The van der Waals surface area contributed by atoms with Gasteiger partial charge in [0.25, 0.3) is 0 Å². The molecule has 0 spiro atoms. The number of hydrogen-bond donors (Lipinski definition) is 1. The van der Waals surface area contributed by atoms with E-state index in [2.05, 4.69) is 49.6 Å². The van der Waals surface area contributed by atoms with Gasteiger partial charge in [-0.1, -0.05) is 33.6 Å². The Morgan fingerprint density at radius 3 is 2.36 bits per heavy atom. The number of phenols is 1. The van der Waals surface area contributed by atoms with Gasteiger partial charge in [0.05, 0.1) is 5.69 Å². The van der Waals surface area contributed by atoms with E-state index in [0.29, 0.717) is 5.75 Å². The maximum absolute atomic E-state index is 11.2. The first-order valence-corrected chi connectivity index (χ1v) is 9.99. The van der Waals surface area contributed by atoms with E-state index in [1.165, 1.54) is 11.3 Å². The predicted octanol–water partition coefficient (Wildman–Crippen LogP) is 5.29. The number of terminal acetylenes is 1. The Bertz CT molecular complexity index is 989. The molecular formula is C25H28N2O. The van der Waals surface area contributed by atoms with Crippen LogP contribution in [-0.2, 0) is 10.8 Å². The average Bonchev–Trinajstić information content (AvgIpc) is 2.66. The highest BCUT2D eigenvalue weighted by atomic mass is 16.3. The van der Waals surface area contributed by atoms with Gasteiger partial charge in [-0.3, -0.25) is 4.99 Å². The van der Waals surface area contributed by atoms with Gasteiger partial charge in [0.2, 0.25) is 0 Å². The van der Waals surface area contributed by atoms with Crippen molar-refractivity contribution in [2.24, 2.45) is 4.99 Å². The Kier molecular flexibility index (Phi) is 4.27. The van der Waals surface area contributed by atoms with Gasteiger partial charge in [-0.25, -0.2) is 0 Å². The number of hydrogen-bond acceptors (Lipinski definition) is 3. The quantitative estimate of drug-likeness (QED) is 0.574. The summed E-state index contributed by atoms with van der Waals surface area (Å²) in [6.45, 7) is 11.2. The first-order chi connectivity index (χ1) is 13.2. The zero-order valence-corrected chi connectivity index (χ0v) is 17.2. The molecule has 4 rings (SSSR count). The summed E-state index contributed by atoms with van der Waals surface area (Å²) < 4.78 is 0. The van der Waals surface area contributed by atoms with Crippen molar-refractivity contribution in [1.29, 1.82) is 0 Å². The maximum atomic E-state index is 11.2. The largest absolute Gasteiger partial charge is 0.507 e. The van der Waals surface area contributed by atoms with Crippen LogP contribution in [-0.4, -0.2) is 24.4 Å². The van der Waals surface area contributed by atoms with Crippen molar-refractivity contribution in [2.75, 3.05) is 18.0 Å². The van der Waals surface area contributed by atoms with Crippen molar-refractivity contribution >= 4 is 17.6 Å². The number of nitrogens with zero attached hydrogens (tertiary/aromatic N) is 2. The molecule has 2 aliphatic heterocycles. The molecule has 0 aromatic heterocycles. The lowest BCUT2D eigenvalue weighted by Crippen LogP contribution is -2.44. The number of rotatable bonds is 2. The summed E-state index contributed by atoms with van der Waals surface area (Å²) in [5.74, 6) is 2.99. The monoisotopic (exact) mass is 372 g/mol. The molecule has 0 fully saturated rings. The fourth-order valence-corrected chi connectivity index (χ4v) is 4.48. The van der Waals surface area contributed by atoms with Gasteiger partial charge in [0.1, 0.15) is 5.75 Å². The van der Waals surface area contributed by atoms with Crippen LogP contribution in [0.25, 0.3) is 0 Å².